The molecule has 2 heterocycles. The number of aliphatic imine (C=N–C) groups is 1. The Hall–Kier alpha value is -3.04. The highest BCUT2D eigenvalue weighted by molar-refractivity contribution is 5.80. The van der Waals surface area contributed by atoms with Gasteiger partial charge in [-0.25, -0.2) is 15.0 Å². The van der Waals surface area contributed by atoms with Crippen molar-refractivity contribution in [1.82, 2.24) is 20.2 Å². The lowest BCUT2D eigenvalue weighted by Crippen LogP contribution is -2.52. The molecule has 162 valence electrons. The Balaban J connectivity index is 1.56. The van der Waals surface area contributed by atoms with Gasteiger partial charge in [0.1, 0.15) is 5.75 Å². The van der Waals surface area contributed by atoms with Crippen molar-refractivity contribution >= 4 is 11.9 Å². The number of guanidine groups is 1. The van der Waals surface area contributed by atoms with E-state index in [-0.39, 0.29) is 5.75 Å². The highest BCUT2D eigenvalue weighted by Crippen LogP contribution is 2.19. The Morgan fingerprint density at radius 2 is 1.77 bits per heavy atom. The molecule has 1 aromatic carbocycles. The van der Waals surface area contributed by atoms with Gasteiger partial charge in [0.15, 0.2) is 12.6 Å². The minimum absolute atomic E-state index is 0.186. The van der Waals surface area contributed by atoms with Crippen LogP contribution < -0.4 is 15.0 Å². The quantitative estimate of drug-likeness (QED) is 0.571. The number of piperazine rings is 1. The Bertz CT molecular complexity index is 806. The molecule has 1 aromatic heterocycles. The summed E-state index contributed by atoms with van der Waals surface area (Å²) < 4.78 is 41.4. The van der Waals surface area contributed by atoms with E-state index in [1.165, 1.54) is 12.1 Å². The summed E-state index contributed by atoms with van der Waals surface area (Å²) in [6.07, 6.45) is -0.875. The summed E-state index contributed by atoms with van der Waals surface area (Å²) in [4.78, 5) is 17.6. The first kappa shape index (κ1) is 21.7. The first-order chi connectivity index (χ1) is 14.4. The molecule has 2 aromatic rings. The summed E-state index contributed by atoms with van der Waals surface area (Å²) in [5.41, 5.74) is 0.890. The lowest BCUT2D eigenvalue weighted by atomic mass is 10.2. The van der Waals surface area contributed by atoms with E-state index in [1.807, 2.05) is 6.92 Å². The zero-order chi connectivity index (χ0) is 21.4. The summed E-state index contributed by atoms with van der Waals surface area (Å²) in [6.45, 7) is 5.03. The van der Waals surface area contributed by atoms with Crippen molar-refractivity contribution in [3.05, 3.63) is 48.3 Å². The van der Waals surface area contributed by atoms with Crippen LogP contribution in [-0.2, 0) is 6.54 Å². The predicted molar refractivity (Wildman–Crippen MR) is 109 cm³/mol. The van der Waals surface area contributed by atoms with Gasteiger partial charge >= 0.3 is 6.18 Å². The van der Waals surface area contributed by atoms with Crippen molar-refractivity contribution < 1.29 is 17.9 Å². The number of rotatable bonds is 6. The van der Waals surface area contributed by atoms with Gasteiger partial charge in [0.2, 0.25) is 5.95 Å². The SMILES string of the molecule is CCNC(=NCc1ccc(OCC(F)(F)F)cc1)N1CCN(c2ncccn2)CC1. The van der Waals surface area contributed by atoms with Crippen LogP contribution in [0, 0.1) is 0 Å². The molecule has 0 radical (unpaired) electrons. The Labute approximate surface area is 173 Å². The maximum Gasteiger partial charge on any atom is 0.422 e. The van der Waals surface area contributed by atoms with Gasteiger partial charge in [0, 0.05) is 45.1 Å². The molecule has 0 unspecified atom stereocenters. The minimum atomic E-state index is -4.35. The molecule has 7 nitrogen and oxygen atoms in total. The molecule has 3 rings (SSSR count). The molecule has 0 amide bonds. The molecular weight excluding hydrogens is 397 g/mol. The number of halogens is 3. The summed E-state index contributed by atoms with van der Waals surface area (Å²) in [5.74, 6) is 1.72. The second-order valence-corrected chi connectivity index (χ2v) is 6.74. The Kier molecular flexibility index (Phi) is 7.31. The summed E-state index contributed by atoms with van der Waals surface area (Å²) in [6, 6.07) is 8.31. The fourth-order valence-electron chi connectivity index (χ4n) is 3.02. The largest absolute Gasteiger partial charge is 0.484 e. The fourth-order valence-corrected chi connectivity index (χ4v) is 3.02. The number of benzene rings is 1. The van der Waals surface area contributed by atoms with Crippen molar-refractivity contribution in [2.24, 2.45) is 4.99 Å². The van der Waals surface area contributed by atoms with Gasteiger partial charge in [-0.15, -0.1) is 0 Å². The first-order valence-corrected chi connectivity index (χ1v) is 9.78. The Morgan fingerprint density at radius 3 is 2.37 bits per heavy atom. The van der Waals surface area contributed by atoms with Gasteiger partial charge in [0.05, 0.1) is 6.54 Å². The standard InChI is InChI=1S/C20H25F3N6O/c1-2-24-18(28-10-12-29(13-11-28)19-25-8-3-9-26-19)27-14-16-4-6-17(7-5-16)30-15-20(21,22)23/h3-9H,2,10-15H2,1H3,(H,24,27). The zero-order valence-corrected chi connectivity index (χ0v) is 16.8. The minimum Gasteiger partial charge on any atom is -0.484 e. The molecule has 1 N–H and O–H groups in total. The Morgan fingerprint density at radius 1 is 1.10 bits per heavy atom. The summed E-state index contributed by atoms with van der Waals surface area (Å²) in [5, 5.41) is 3.30. The van der Waals surface area contributed by atoms with Crippen LogP contribution in [0.4, 0.5) is 19.1 Å². The number of hydrogen-bond acceptors (Lipinski definition) is 5. The second-order valence-electron chi connectivity index (χ2n) is 6.74. The van der Waals surface area contributed by atoms with Crippen molar-refractivity contribution in [3.63, 3.8) is 0 Å². The first-order valence-electron chi connectivity index (χ1n) is 9.78. The molecule has 1 fully saturated rings. The third kappa shape index (κ3) is 6.50. The highest BCUT2D eigenvalue weighted by Gasteiger charge is 2.28. The molecule has 0 bridgehead atoms. The number of aromatic nitrogens is 2. The van der Waals surface area contributed by atoms with Crippen molar-refractivity contribution in [2.75, 3.05) is 44.2 Å². The van der Waals surface area contributed by atoms with E-state index < -0.39 is 12.8 Å². The lowest BCUT2D eigenvalue weighted by molar-refractivity contribution is -0.153. The van der Waals surface area contributed by atoms with Gasteiger partial charge < -0.3 is 19.9 Å². The van der Waals surface area contributed by atoms with E-state index in [4.69, 9.17) is 4.74 Å². The third-order valence-electron chi connectivity index (χ3n) is 4.49. The molecule has 0 spiro atoms. The van der Waals surface area contributed by atoms with Crippen LogP contribution in [0.15, 0.2) is 47.7 Å². The van der Waals surface area contributed by atoms with E-state index in [0.29, 0.717) is 6.54 Å². The second kappa shape index (κ2) is 10.1. The van der Waals surface area contributed by atoms with Crippen LogP contribution in [0.25, 0.3) is 0 Å². The van der Waals surface area contributed by atoms with Crippen molar-refractivity contribution in [2.45, 2.75) is 19.6 Å². The van der Waals surface area contributed by atoms with Crippen LogP contribution in [-0.4, -0.2) is 66.3 Å². The molecule has 30 heavy (non-hydrogen) atoms. The van der Waals surface area contributed by atoms with E-state index in [1.54, 1.807) is 30.6 Å². The van der Waals surface area contributed by atoms with E-state index in [2.05, 4.69) is 30.1 Å². The molecule has 1 aliphatic heterocycles. The number of alkyl halides is 3. The number of anilines is 1. The van der Waals surface area contributed by atoms with Crippen molar-refractivity contribution in [1.29, 1.82) is 0 Å². The van der Waals surface area contributed by atoms with Gasteiger partial charge in [-0.05, 0) is 30.7 Å². The number of ether oxygens (including phenoxy) is 1. The molecule has 1 saturated heterocycles. The van der Waals surface area contributed by atoms with Crippen LogP contribution in [0.1, 0.15) is 12.5 Å². The number of nitrogens with zero attached hydrogens (tertiary/aromatic N) is 5. The molecule has 0 saturated carbocycles. The fraction of sp³-hybridized carbons (Fsp3) is 0.450. The number of hydrogen-bond donors (Lipinski definition) is 1. The van der Waals surface area contributed by atoms with E-state index >= 15 is 0 Å². The van der Waals surface area contributed by atoms with Gasteiger partial charge in [-0.3, -0.25) is 0 Å². The average molecular weight is 422 g/mol. The van der Waals surface area contributed by atoms with Gasteiger partial charge in [-0.1, -0.05) is 12.1 Å². The third-order valence-corrected chi connectivity index (χ3v) is 4.49. The molecule has 0 aliphatic carbocycles. The number of nitrogens with one attached hydrogen (secondary N) is 1. The summed E-state index contributed by atoms with van der Waals surface area (Å²) >= 11 is 0. The normalized spacial score (nSPS) is 15.3. The monoisotopic (exact) mass is 422 g/mol. The van der Waals surface area contributed by atoms with Crippen molar-refractivity contribution in [3.8, 4) is 5.75 Å². The molecular formula is C20H25F3N6O. The average Bonchev–Trinajstić information content (AvgIpc) is 2.76. The molecule has 10 heteroatoms. The van der Waals surface area contributed by atoms with Gasteiger partial charge in [-0.2, -0.15) is 13.2 Å². The van der Waals surface area contributed by atoms with Crippen LogP contribution in [0.3, 0.4) is 0 Å². The topological polar surface area (TPSA) is 65.9 Å². The van der Waals surface area contributed by atoms with E-state index in [0.717, 1.165) is 50.2 Å². The van der Waals surface area contributed by atoms with Crippen LogP contribution in [0.2, 0.25) is 0 Å². The summed E-state index contributed by atoms with van der Waals surface area (Å²) in [7, 11) is 0. The molecule has 0 atom stereocenters. The predicted octanol–water partition coefficient (Wildman–Crippen LogP) is 2.71. The smallest absolute Gasteiger partial charge is 0.422 e. The maximum atomic E-state index is 12.2. The van der Waals surface area contributed by atoms with Crippen LogP contribution in [0.5, 0.6) is 5.75 Å². The maximum absolute atomic E-state index is 12.2. The lowest BCUT2D eigenvalue weighted by Gasteiger charge is -2.36. The van der Waals surface area contributed by atoms with Crippen LogP contribution >= 0.6 is 0 Å². The zero-order valence-electron chi connectivity index (χ0n) is 16.8. The van der Waals surface area contributed by atoms with Gasteiger partial charge in [0.25, 0.3) is 0 Å². The van der Waals surface area contributed by atoms with E-state index in [9.17, 15) is 13.2 Å². The highest BCUT2D eigenvalue weighted by atomic mass is 19.4. The molecule has 1 aliphatic rings.